The highest BCUT2D eigenvalue weighted by Crippen LogP contribution is 2.40. The molecule has 2 fully saturated rings. The third-order valence-electron chi connectivity index (χ3n) is 6.37. The summed E-state index contributed by atoms with van der Waals surface area (Å²) in [6.07, 6.45) is 4.99. The number of methoxy groups -OCH3 is 1. The highest BCUT2D eigenvalue weighted by Gasteiger charge is 2.35. The number of carbonyl (C=O) groups is 2. The summed E-state index contributed by atoms with van der Waals surface area (Å²) in [4.78, 5) is 38.4. The van der Waals surface area contributed by atoms with Crippen molar-refractivity contribution < 1.29 is 14.3 Å². The predicted octanol–water partition coefficient (Wildman–Crippen LogP) is 3.87. The maximum atomic E-state index is 13.1. The number of nitrogens with zero attached hydrogens (tertiary/aromatic N) is 6. The van der Waals surface area contributed by atoms with Gasteiger partial charge in [0.2, 0.25) is 0 Å². The van der Waals surface area contributed by atoms with Crippen molar-refractivity contribution in [3.63, 3.8) is 0 Å². The zero-order valence-electron chi connectivity index (χ0n) is 20.4. The number of benzene rings is 1. The number of urea groups is 1. The zero-order valence-corrected chi connectivity index (χ0v) is 20.4. The van der Waals surface area contributed by atoms with Gasteiger partial charge in [0.05, 0.1) is 29.6 Å². The monoisotopic (exact) mass is 475 g/mol. The van der Waals surface area contributed by atoms with Crippen molar-refractivity contribution in [2.75, 3.05) is 30.4 Å². The molecule has 0 radical (unpaired) electrons. The topological polar surface area (TPSA) is 105 Å². The molecule has 0 bridgehead atoms. The molecule has 2 aliphatic rings. The Morgan fingerprint density at radius 3 is 2.60 bits per heavy atom. The molecule has 3 aromatic rings. The van der Waals surface area contributed by atoms with Crippen LogP contribution in [-0.4, -0.2) is 62.7 Å². The zero-order chi connectivity index (χ0) is 24.7. The largest absolute Gasteiger partial charge is 0.494 e. The summed E-state index contributed by atoms with van der Waals surface area (Å²) in [6, 6.07) is 7.44. The molecule has 5 rings (SSSR count). The second-order valence-corrected chi connectivity index (χ2v) is 9.20. The third kappa shape index (κ3) is 4.31. The first kappa shape index (κ1) is 22.8. The van der Waals surface area contributed by atoms with E-state index in [1.54, 1.807) is 42.3 Å². The van der Waals surface area contributed by atoms with Crippen molar-refractivity contribution in [1.82, 2.24) is 24.6 Å². The molecule has 1 saturated carbocycles. The molecule has 3 heterocycles. The fraction of sp³-hybridized carbons (Fsp3) is 0.400. The van der Waals surface area contributed by atoms with Crippen molar-refractivity contribution in [1.29, 1.82) is 0 Å². The van der Waals surface area contributed by atoms with E-state index in [0.29, 0.717) is 47.4 Å². The van der Waals surface area contributed by atoms with Gasteiger partial charge < -0.3 is 15.0 Å². The first-order valence-corrected chi connectivity index (χ1v) is 11.8. The molecule has 10 heteroatoms. The van der Waals surface area contributed by atoms with Crippen molar-refractivity contribution in [3.05, 3.63) is 42.4 Å². The average molecular weight is 476 g/mol. The molecule has 1 aromatic carbocycles. The Labute approximate surface area is 203 Å². The molecule has 2 aromatic heterocycles. The first-order valence-electron chi connectivity index (χ1n) is 11.8. The summed E-state index contributed by atoms with van der Waals surface area (Å²) in [7, 11) is 3.39. The van der Waals surface area contributed by atoms with Crippen LogP contribution >= 0.6 is 0 Å². The molecule has 1 saturated heterocycles. The van der Waals surface area contributed by atoms with Crippen LogP contribution in [-0.2, 0) is 7.05 Å². The van der Waals surface area contributed by atoms with Gasteiger partial charge in [-0.2, -0.15) is 5.10 Å². The van der Waals surface area contributed by atoms with Gasteiger partial charge >= 0.3 is 6.03 Å². The predicted molar refractivity (Wildman–Crippen MR) is 132 cm³/mol. The molecule has 10 nitrogen and oxygen atoms in total. The van der Waals surface area contributed by atoms with Gasteiger partial charge in [-0.05, 0) is 38.8 Å². The van der Waals surface area contributed by atoms with Crippen molar-refractivity contribution >= 4 is 29.0 Å². The number of hydrogen-bond acceptors (Lipinski definition) is 7. The Balaban J connectivity index is 1.54. The summed E-state index contributed by atoms with van der Waals surface area (Å²) in [5.74, 6) is 1.69. The Kier molecular flexibility index (Phi) is 5.88. The van der Waals surface area contributed by atoms with Crippen molar-refractivity contribution in [2.45, 2.75) is 32.7 Å². The molecule has 0 atom stereocenters. The lowest BCUT2D eigenvalue weighted by Crippen LogP contribution is -2.36. The lowest BCUT2D eigenvalue weighted by Gasteiger charge is -2.22. The van der Waals surface area contributed by atoms with Gasteiger partial charge in [-0.25, -0.2) is 14.8 Å². The number of carbonyl (C=O) groups excluding carboxylic acids is 2. The number of para-hydroxylation sites is 1. The SMILES string of the molecule is COc1c(Nc2cc(N3CCN(C(C)C)C3=O)ncc2C(=O)C2CC2)cccc1-c1ncn(C)n1. The Bertz CT molecular complexity index is 1280. The van der Waals surface area contributed by atoms with Gasteiger partial charge in [0.25, 0.3) is 0 Å². The maximum Gasteiger partial charge on any atom is 0.326 e. The number of ether oxygens (including phenoxy) is 1. The molecule has 1 N–H and O–H groups in total. The number of aromatic nitrogens is 4. The van der Waals surface area contributed by atoms with E-state index in [0.717, 1.165) is 18.4 Å². The molecular formula is C25H29N7O3. The average Bonchev–Trinajstić information content (AvgIpc) is 3.49. The normalized spacial score (nSPS) is 15.7. The quantitative estimate of drug-likeness (QED) is 0.493. The minimum Gasteiger partial charge on any atom is -0.494 e. The highest BCUT2D eigenvalue weighted by molar-refractivity contribution is 6.05. The second kappa shape index (κ2) is 9.01. The van der Waals surface area contributed by atoms with Gasteiger partial charge in [-0.15, -0.1) is 0 Å². The molecule has 0 spiro atoms. The minimum atomic E-state index is -0.0828. The molecule has 0 unspecified atom stereocenters. The highest BCUT2D eigenvalue weighted by atomic mass is 16.5. The molecule has 1 aliphatic heterocycles. The third-order valence-corrected chi connectivity index (χ3v) is 6.37. The Hall–Kier alpha value is -3.95. The van der Waals surface area contributed by atoms with Crippen LogP contribution < -0.4 is 15.0 Å². The van der Waals surface area contributed by atoms with Gasteiger partial charge in [-0.3, -0.25) is 14.4 Å². The van der Waals surface area contributed by atoms with Gasteiger partial charge in [-0.1, -0.05) is 6.07 Å². The van der Waals surface area contributed by atoms with Crippen LogP contribution in [0.5, 0.6) is 5.75 Å². The van der Waals surface area contributed by atoms with Crippen molar-refractivity contribution in [2.24, 2.45) is 13.0 Å². The van der Waals surface area contributed by atoms with Crippen LogP contribution in [0.3, 0.4) is 0 Å². The van der Waals surface area contributed by atoms with E-state index in [1.807, 2.05) is 36.9 Å². The van der Waals surface area contributed by atoms with Crippen LogP contribution in [0.4, 0.5) is 22.0 Å². The fourth-order valence-electron chi connectivity index (χ4n) is 4.34. The van der Waals surface area contributed by atoms with E-state index in [4.69, 9.17) is 4.74 Å². The molecule has 1 aliphatic carbocycles. The smallest absolute Gasteiger partial charge is 0.326 e. The summed E-state index contributed by atoms with van der Waals surface area (Å²) >= 11 is 0. The summed E-state index contributed by atoms with van der Waals surface area (Å²) in [5, 5.41) is 7.78. The summed E-state index contributed by atoms with van der Waals surface area (Å²) in [5.41, 5.74) is 2.49. The lowest BCUT2D eigenvalue weighted by molar-refractivity contribution is 0.0968. The van der Waals surface area contributed by atoms with Crippen molar-refractivity contribution in [3.8, 4) is 17.1 Å². The van der Waals surface area contributed by atoms with Crippen LogP contribution in [0.25, 0.3) is 11.4 Å². The van der Waals surface area contributed by atoms with Crippen LogP contribution in [0.15, 0.2) is 36.8 Å². The number of ketones is 1. The number of pyridine rings is 1. The first-order chi connectivity index (χ1) is 16.9. The second-order valence-electron chi connectivity index (χ2n) is 9.20. The summed E-state index contributed by atoms with van der Waals surface area (Å²) in [6.45, 7) is 5.17. The van der Waals surface area contributed by atoms with E-state index in [-0.39, 0.29) is 23.8 Å². The standard InChI is InChI=1S/C25H29N7O3/c1-15(2)31-10-11-32(25(31)34)21-12-20(18(13-26-21)22(33)16-8-9-16)28-19-7-5-6-17(23(19)35-4)24-27-14-30(3)29-24/h5-7,12-16H,8-11H2,1-4H3,(H,26,28). The van der Waals surface area contributed by atoms with E-state index >= 15 is 0 Å². The van der Waals surface area contributed by atoms with Gasteiger partial charge in [0.15, 0.2) is 17.4 Å². The number of Topliss-reactive ketones (excluding diaryl/α,β-unsaturated/α-hetero) is 1. The van der Waals surface area contributed by atoms with Crippen LogP contribution in [0, 0.1) is 5.92 Å². The van der Waals surface area contributed by atoms with E-state index in [1.165, 1.54) is 0 Å². The number of aryl methyl sites for hydroxylation is 1. The van der Waals surface area contributed by atoms with Gasteiger partial charge in [0.1, 0.15) is 12.1 Å². The number of amides is 2. The Morgan fingerprint density at radius 1 is 1.17 bits per heavy atom. The van der Waals surface area contributed by atoms with Gasteiger partial charge in [0, 0.05) is 44.4 Å². The van der Waals surface area contributed by atoms with Crippen LogP contribution in [0.1, 0.15) is 37.0 Å². The molecule has 2 amide bonds. The van der Waals surface area contributed by atoms with Crippen LogP contribution in [0.2, 0.25) is 0 Å². The fourth-order valence-corrected chi connectivity index (χ4v) is 4.34. The number of rotatable bonds is 8. The van der Waals surface area contributed by atoms with E-state index < -0.39 is 0 Å². The summed E-state index contributed by atoms with van der Waals surface area (Å²) < 4.78 is 7.37. The number of anilines is 3. The maximum absolute atomic E-state index is 13.1. The number of nitrogens with one attached hydrogen (secondary N) is 1. The molecule has 35 heavy (non-hydrogen) atoms. The lowest BCUT2D eigenvalue weighted by atomic mass is 10.1. The minimum absolute atomic E-state index is 0.0269. The number of hydrogen-bond donors (Lipinski definition) is 1. The Morgan fingerprint density at radius 2 is 1.97 bits per heavy atom. The van der Waals surface area contributed by atoms with E-state index in [2.05, 4.69) is 20.4 Å². The molecular weight excluding hydrogens is 446 g/mol. The van der Waals surface area contributed by atoms with E-state index in [9.17, 15) is 9.59 Å². The molecule has 182 valence electrons.